The van der Waals surface area contributed by atoms with Crippen LogP contribution in [0.25, 0.3) is 12.2 Å². The summed E-state index contributed by atoms with van der Waals surface area (Å²) in [5.74, 6) is -0.792. The van der Waals surface area contributed by atoms with Crippen LogP contribution in [-0.4, -0.2) is 108 Å². The first kappa shape index (κ1) is 32.2. The first-order valence-corrected chi connectivity index (χ1v) is 13.4. The van der Waals surface area contributed by atoms with Crippen molar-refractivity contribution in [2.75, 3.05) is 84.2 Å². The highest BCUT2D eigenvalue weighted by Crippen LogP contribution is 2.36. The number of aliphatic hydroxyl groups is 2. The van der Waals surface area contributed by atoms with Crippen molar-refractivity contribution in [3.63, 3.8) is 0 Å². The lowest BCUT2D eigenvalue weighted by molar-refractivity contribution is -0.161. The van der Waals surface area contributed by atoms with E-state index in [0.717, 1.165) is 11.1 Å². The zero-order chi connectivity index (χ0) is 29.1. The number of hydrogen-bond donors (Lipinski definition) is 3. The van der Waals surface area contributed by atoms with Gasteiger partial charge in [-0.05, 0) is 23.3 Å². The fourth-order valence-electron chi connectivity index (χ4n) is 3.81. The van der Waals surface area contributed by atoms with Crippen LogP contribution in [0.1, 0.15) is 11.1 Å². The fraction of sp³-hybridized carbons (Fsp3) is 0.448. The second kappa shape index (κ2) is 18.9. The normalized spacial score (nSPS) is 12.8. The second-order valence-electron chi connectivity index (χ2n) is 8.55. The average Bonchev–Trinajstić information content (AvgIpc) is 3.16. The molecule has 3 N–H and O–H groups in total. The van der Waals surface area contributed by atoms with E-state index in [4.69, 9.17) is 38.6 Å². The van der Waals surface area contributed by atoms with Gasteiger partial charge in [0.25, 0.3) is 0 Å². The monoisotopic (exact) mass is 574 g/mol. The summed E-state index contributed by atoms with van der Waals surface area (Å²) in [5.41, 5.74) is 2.94. The van der Waals surface area contributed by atoms with Crippen molar-refractivity contribution >= 4 is 35.5 Å². The highest BCUT2D eigenvalue weighted by molar-refractivity contribution is 6.06. The molecule has 12 heteroatoms. The maximum absolute atomic E-state index is 13.7. The Labute approximate surface area is 239 Å². The Morgan fingerprint density at radius 2 is 1.12 bits per heavy atom. The molecule has 1 aliphatic heterocycles. The maximum atomic E-state index is 13.7. The van der Waals surface area contributed by atoms with Crippen molar-refractivity contribution in [2.24, 2.45) is 0 Å². The van der Waals surface area contributed by atoms with Gasteiger partial charge < -0.3 is 44.0 Å². The molecule has 0 fully saturated rings. The number of hydrogen-bond acceptors (Lipinski definition) is 10. The molecule has 224 valence electrons. The number of carbonyl (C=O) groups excluding carboxylic acids is 2. The molecule has 2 aromatic rings. The molecular weight excluding hydrogens is 536 g/mol. The van der Waals surface area contributed by atoms with E-state index in [1.54, 1.807) is 0 Å². The number of anilines is 2. The minimum absolute atomic E-state index is 0.00648. The van der Waals surface area contributed by atoms with Gasteiger partial charge in [0.1, 0.15) is 6.61 Å². The van der Waals surface area contributed by atoms with Crippen LogP contribution in [0.3, 0.4) is 0 Å². The van der Waals surface area contributed by atoms with Crippen molar-refractivity contribution in [1.82, 2.24) is 5.32 Å². The fourth-order valence-corrected chi connectivity index (χ4v) is 3.81. The van der Waals surface area contributed by atoms with Gasteiger partial charge in [-0.2, -0.15) is 0 Å². The largest absolute Gasteiger partial charge is 0.460 e. The average molecular weight is 575 g/mol. The minimum atomic E-state index is -1.42. The van der Waals surface area contributed by atoms with E-state index < -0.39 is 18.2 Å². The van der Waals surface area contributed by atoms with E-state index >= 15 is 0 Å². The summed E-state index contributed by atoms with van der Waals surface area (Å²) in [6, 6.07) is 14.3. The zero-order valence-electron chi connectivity index (χ0n) is 22.9. The third-order valence-electron chi connectivity index (χ3n) is 5.67. The van der Waals surface area contributed by atoms with E-state index in [0.29, 0.717) is 24.6 Å². The van der Waals surface area contributed by atoms with Crippen molar-refractivity contribution < 1.29 is 48.2 Å². The SMILES string of the molecule is O=C(OCCOCCOCCO)C(NC(=O)N1c2ccccc2C=Cc2ccccc21)OCCOCCOCCO. The summed E-state index contributed by atoms with van der Waals surface area (Å²) in [4.78, 5) is 28.1. The Morgan fingerprint density at radius 1 is 0.659 bits per heavy atom. The molecule has 3 rings (SSSR count). The molecule has 12 nitrogen and oxygen atoms in total. The lowest BCUT2D eigenvalue weighted by Crippen LogP contribution is -2.49. The van der Waals surface area contributed by atoms with Gasteiger partial charge in [0.05, 0.1) is 84.1 Å². The molecule has 2 amide bonds. The predicted octanol–water partition coefficient (Wildman–Crippen LogP) is 1.96. The van der Waals surface area contributed by atoms with Crippen LogP contribution in [0.5, 0.6) is 0 Å². The third-order valence-corrected chi connectivity index (χ3v) is 5.67. The van der Waals surface area contributed by atoms with E-state index in [2.05, 4.69) is 5.32 Å². The summed E-state index contributed by atoms with van der Waals surface area (Å²) in [5, 5.41) is 20.1. The zero-order valence-corrected chi connectivity index (χ0v) is 22.9. The van der Waals surface area contributed by atoms with Crippen LogP contribution in [0.15, 0.2) is 48.5 Å². The molecule has 0 aliphatic carbocycles. The molecule has 1 aliphatic rings. The number of urea groups is 1. The molecule has 2 aromatic carbocycles. The summed E-state index contributed by atoms with van der Waals surface area (Å²) in [6.45, 7) is 1.63. The van der Waals surface area contributed by atoms with Gasteiger partial charge in [-0.15, -0.1) is 0 Å². The maximum Gasteiger partial charge on any atom is 0.356 e. The molecule has 0 aromatic heterocycles. The number of carbonyl (C=O) groups is 2. The molecule has 0 bridgehead atoms. The Balaban J connectivity index is 1.63. The van der Waals surface area contributed by atoms with Crippen molar-refractivity contribution in [2.45, 2.75) is 6.23 Å². The van der Waals surface area contributed by atoms with E-state index in [9.17, 15) is 9.59 Å². The number of ether oxygens (including phenoxy) is 6. The van der Waals surface area contributed by atoms with E-state index in [-0.39, 0.29) is 66.1 Å². The Kier molecular flexibility index (Phi) is 14.8. The molecule has 1 heterocycles. The Hall–Kier alpha value is -3.36. The lowest BCUT2D eigenvalue weighted by atomic mass is 10.1. The lowest BCUT2D eigenvalue weighted by Gasteiger charge is -2.27. The third kappa shape index (κ3) is 10.9. The Morgan fingerprint density at radius 3 is 1.66 bits per heavy atom. The molecular formula is C29H38N2O10. The van der Waals surface area contributed by atoms with Crippen molar-refractivity contribution in [3.8, 4) is 0 Å². The quantitative estimate of drug-likeness (QED) is 0.129. The number of nitrogens with zero attached hydrogens (tertiary/aromatic N) is 1. The van der Waals surface area contributed by atoms with Crippen LogP contribution in [-0.2, 0) is 33.2 Å². The molecule has 0 spiro atoms. The first-order chi connectivity index (χ1) is 20.2. The number of fused-ring (bicyclic) bond motifs is 2. The van der Waals surface area contributed by atoms with Crippen LogP contribution in [0.2, 0.25) is 0 Å². The van der Waals surface area contributed by atoms with E-state index in [1.807, 2.05) is 60.7 Å². The standard InChI is InChI=1S/C29H38N2O10/c32-11-13-36-15-17-38-19-21-40-27(28(34)41-22-20-39-18-16-37-14-12-33)30-29(35)31-25-7-3-1-5-23(25)9-10-24-6-2-4-8-26(24)31/h1-10,27,32-33H,11-22H2,(H,30,35). The molecule has 41 heavy (non-hydrogen) atoms. The van der Waals surface area contributed by atoms with Crippen LogP contribution in [0, 0.1) is 0 Å². The van der Waals surface area contributed by atoms with Gasteiger partial charge >= 0.3 is 12.0 Å². The van der Waals surface area contributed by atoms with Crippen molar-refractivity contribution in [3.05, 3.63) is 59.7 Å². The summed E-state index contributed by atoms with van der Waals surface area (Å²) >= 11 is 0. The van der Waals surface area contributed by atoms with Gasteiger partial charge in [-0.3, -0.25) is 4.90 Å². The number of rotatable bonds is 19. The van der Waals surface area contributed by atoms with Gasteiger partial charge in [-0.25, -0.2) is 9.59 Å². The van der Waals surface area contributed by atoms with Crippen molar-refractivity contribution in [1.29, 1.82) is 0 Å². The number of aliphatic hydroxyl groups excluding tert-OH is 2. The second-order valence-corrected chi connectivity index (χ2v) is 8.55. The number of esters is 1. The number of amides is 2. The van der Waals surface area contributed by atoms with Crippen LogP contribution >= 0.6 is 0 Å². The van der Waals surface area contributed by atoms with Gasteiger partial charge in [0.15, 0.2) is 0 Å². The summed E-state index contributed by atoms with van der Waals surface area (Å²) in [6.07, 6.45) is 2.44. The molecule has 1 unspecified atom stereocenters. The first-order valence-electron chi connectivity index (χ1n) is 13.4. The minimum Gasteiger partial charge on any atom is -0.460 e. The van der Waals surface area contributed by atoms with E-state index in [1.165, 1.54) is 4.90 Å². The summed E-state index contributed by atoms with van der Waals surface area (Å²) in [7, 11) is 0. The molecule has 0 saturated carbocycles. The highest BCUT2D eigenvalue weighted by Gasteiger charge is 2.29. The van der Waals surface area contributed by atoms with Crippen LogP contribution in [0.4, 0.5) is 16.2 Å². The predicted molar refractivity (Wildman–Crippen MR) is 151 cm³/mol. The number of benzene rings is 2. The molecule has 0 radical (unpaired) electrons. The highest BCUT2D eigenvalue weighted by atomic mass is 16.6. The smallest absolute Gasteiger partial charge is 0.356 e. The van der Waals surface area contributed by atoms with Gasteiger partial charge in [-0.1, -0.05) is 48.6 Å². The van der Waals surface area contributed by atoms with Crippen LogP contribution < -0.4 is 10.2 Å². The number of para-hydroxylation sites is 2. The molecule has 0 saturated heterocycles. The topological polar surface area (TPSA) is 145 Å². The summed E-state index contributed by atoms with van der Waals surface area (Å²) < 4.78 is 32.0. The Bertz CT molecular complexity index is 1050. The number of nitrogens with one attached hydrogen (secondary N) is 1. The van der Waals surface area contributed by atoms with Gasteiger partial charge in [0.2, 0.25) is 6.23 Å². The van der Waals surface area contributed by atoms with Gasteiger partial charge in [0, 0.05) is 0 Å². The molecule has 1 atom stereocenters.